The SMILES string of the molecule is O=C(NCCC(Oc1ccc(C(=O)O)cc1)c1ccc(Br)nc1)Nc1ccccc1. The molecule has 1 unspecified atom stereocenters. The van der Waals surface area contributed by atoms with Gasteiger partial charge in [-0.3, -0.25) is 0 Å². The molecule has 0 fully saturated rings. The number of ether oxygens (including phenoxy) is 1. The Kier molecular flexibility index (Phi) is 7.40. The Balaban J connectivity index is 1.63. The van der Waals surface area contributed by atoms with Gasteiger partial charge in [-0.2, -0.15) is 0 Å². The third-order valence-corrected chi connectivity index (χ3v) is 4.69. The van der Waals surface area contributed by atoms with Crippen LogP contribution in [0.1, 0.15) is 28.4 Å². The highest BCUT2D eigenvalue weighted by atomic mass is 79.9. The molecular formula is C22H20BrN3O4. The molecule has 1 aromatic heterocycles. The van der Waals surface area contributed by atoms with Crippen LogP contribution in [-0.2, 0) is 0 Å². The second kappa shape index (κ2) is 10.4. The van der Waals surface area contributed by atoms with Crippen molar-refractivity contribution >= 4 is 33.6 Å². The molecule has 0 radical (unpaired) electrons. The van der Waals surface area contributed by atoms with Gasteiger partial charge in [-0.05, 0) is 58.4 Å². The van der Waals surface area contributed by atoms with E-state index in [-0.39, 0.29) is 17.7 Å². The minimum absolute atomic E-state index is 0.184. The number of amides is 2. The third kappa shape index (κ3) is 6.31. The van der Waals surface area contributed by atoms with Crippen LogP contribution in [0, 0.1) is 0 Å². The van der Waals surface area contributed by atoms with E-state index in [1.165, 1.54) is 12.1 Å². The number of aromatic carboxylic acids is 1. The third-order valence-electron chi connectivity index (χ3n) is 4.23. The molecule has 8 heteroatoms. The van der Waals surface area contributed by atoms with Gasteiger partial charge in [0.15, 0.2) is 0 Å². The first kappa shape index (κ1) is 21.3. The molecule has 0 spiro atoms. The van der Waals surface area contributed by atoms with Gasteiger partial charge in [0.2, 0.25) is 0 Å². The van der Waals surface area contributed by atoms with Crippen molar-refractivity contribution in [1.29, 1.82) is 0 Å². The Hall–Kier alpha value is -3.39. The zero-order valence-corrected chi connectivity index (χ0v) is 17.5. The summed E-state index contributed by atoms with van der Waals surface area (Å²) < 4.78 is 6.76. The number of carboxylic acids is 1. The van der Waals surface area contributed by atoms with Gasteiger partial charge in [-0.1, -0.05) is 24.3 Å². The Labute approximate surface area is 182 Å². The standard InChI is InChI=1S/C22H20BrN3O4/c23-20-11-8-16(14-25-20)19(30-18-9-6-15(7-10-18)21(27)28)12-13-24-22(29)26-17-4-2-1-3-5-17/h1-11,14,19H,12-13H2,(H,27,28)(H2,24,26,29). The second-order valence-electron chi connectivity index (χ2n) is 6.39. The van der Waals surface area contributed by atoms with Crippen molar-refractivity contribution < 1.29 is 19.4 Å². The number of benzene rings is 2. The van der Waals surface area contributed by atoms with Crippen LogP contribution < -0.4 is 15.4 Å². The number of nitrogens with zero attached hydrogens (tertiary/aromatic N) is 1. The smallest absolute Gasteiger partial charge is 0.335 e. The van der Waals surface area contributed by atoms with Crippen LogP contribution >= 0.6 is 15.9 Å². The van der Waals surface area contributed by atoms with Crippen LogP contribution in [0.3, 0.4) is 0 Å². The summed E-state index contributed by atoms with van der Waals surface area (Å²) in [5.41, 5.74) is 1.73. The van der Waals surface area contributed by atoms with Gasteiger partial charge in [0.25, 0.3) is 0 Å². The zero-order valence-electron chi connectivity index (χ0n) is 15.9. The molecule has 3 rings (SSSR count). The molecule has 0 aliphatic heterocycles. The number of carbonyl (C=O) groups is 2. The number of nitrogens with one attached hydrogen (secondary N) is 2. The van der Waals surface area contributed by atoms with Crippen molar-refractivity contribution in [2.75, 3.05) is 11.9 Å². The van der Waals surface area contributed by atoms with E-state index < -0.39 is 5.97 Å². The van der Waals surface area contributed by atoms with E-state index >= 15 is 0 Å². The topological polar surface area (TPSA) is 101 Å². The lowest BCUT2D eigenvalue weighted by atomic mass is 10.1. The quantitative estimate of drug-likeness (QED) is 0.408. The van der Waals surface area contributed by atoms with Crippen molar-refractivity contribution in [2.24, 2.45) is 0 Å². The molecular weight excluding hydrogens is 450 g/mol. The van der Waals surface area contributed by atoms with Crippen molar-refractivity contribution in [1.82, 2.24) is 10.3 Å². The Morgan fingerprint density at radius 1 is 1.03 bits per heavy atom. The maximum absolute atomic E-state index is 12.1. The summed E-state index contributed by atoms with van der Waals surface area (Å²) >= 11 is 3.31. The van der Waals surface area contributed by atoms with Crippen molar-refractivity contribution in [3.05, 3.63) is 88.7 Å². The average Bonchev–Trinajstić information content (AvgIpc) is 2.75. The number of halogens is 1. The molecule has 7 nitrogen and oxygen atoms in total. The Morgan fingerprint density at radius 3 is 2.40 bits per heavy atom. The zero-order chi connectivity index (χ0) is 21.3. The number of aromatic nitrogens is 1. The van der Waals surface area contributed by atoms with E-state index in [0.29, 0.717) is 29.0 Å². The monoisotopic (exact) mass is 469 g/mol. The van der Waals surface area contributed by atoms with Crippen LogP contribution in [0.25, 0.3) is 0 Å². The molecule has 30 heavy (non-hydrogen) atoms. The number of rotatable bonds is 8. The molecule has 1 heterocycles. The fraction of sp³-hybridized carbons (Fsp3) is 0.136. The fourth-order valence-electron chi connectivity index (χ4n) is 2.73. The van der Waals surface area contributed by atoms with Gasteiger partial charge in [0.1, 0.15) is 16.5 Å². The van der Waals surface area contributed by atoms with Crippen molar-refractivity contribution in [3.63, 3.8) is 0 Å². The highest BCUT2D eigenvalue weighted by molar-refractivity contribution is 9.10. The number of carbonyl (C=O) groups excluding carboxylic acids is 1. The lowest BCUT2D eigenvalue weighted by Gasteiger charge is -2.20. The number of para-hydroxylation sites is 1. The fourth-order valence-corrected chi connectivity index (χ4v) is 2.96. The Bertz CT molecular complexity index is 980. The minimum Gasteiger partial charge on any atom is -0.486 e. The molecule has 0 aliphatic rings. The predicted molar refractivity (Wildman–Crippen MR) is 117 cm³/mol. The van der Waals surface area contributed by atoms with E-state index in [9.17, 15) is 9.59 Å². The summed E-state index contributed by atoms with van der Waals surface area (Å²) in [7, 11) is 0. The second-order valence-corrected chi connectivity index (χ2v) is 7.20. The first-order valence-electron chi connectivity index (χ1n) is 9.22. The van der Waals surface area contributed by atoms with Crippen LogP contribution in [0.4, 0.5) is 10.5 Å². The highest BCUT2D eigenvalue weighted by Gasteiger charge is 2.15. The molecule has 0 saturated carbocycles. The van der Waals surface area contributed by atoms with Gasteiger partial charge < -0.3 is 20.5 Å². The number of pyridine rings is 1. The molecule has 0 saturated heterocycles. The summed E-state index contributed by atoms with van der Waals surface area (Å²) in [5, 5.41) is 14.6. The summed E-state index contributed by atoms with van der Waals surface area (Å²) in [6, 6.07) is 18.8. The van der Waals surface area contributed by atoms with Crippen LogP contribution in [-0.4, -0.2) is 28.6 Å². The number of hydrogen-bond acceptors (Lipinski definition) is 4. The van der Waals surface area contributed by atoms with Crippen LogP contribution in [0.2, 0.25) is 0 Å². The summed E-state index contributed by atoms with van der Waals surface area (Å²) in [4.78, 5) is 27.4. The molecule has 3 N–H and O–H groups in total. The predicted octanol–water partition coefficient (Wildman–Crippen LogP) is 4.87. The molecule has 3 aromatic rings. The molecule has 0 bridgehead atoms. The first-order valence-corrected chi connectivity index (χ1v) is 10.0. The van der Waals surface area contributed by atoms with E-state index in [2.05, 4.69) is 31.5 Å². The summed E-state index contributed by atoms with van der Waals surface area (Å²) in [5.74, 6) is -0.467. The van der Waals surface area contributed by atoms with Crippen LogP contribution in [0.15, 0.2) is 77.5 Å². The number of urea groups is 1. The van der Waals surface area contributed by atoms with Crippen molar-refractivity contribution in [3.8, 4) is 5.75 Å². The van der Waals surface area contributed by atoms with Gasteiger partial charge in [-0.15, -0.1) is 0 Å². The van der Waals surface area contributed by atoms with E-state index in [4.69, 9.17) is 9.84 Å². The molecule has 0 aliphatic carbocycles. The maximum Gasteiger partial charge on any atom is 0.335 e. The van der Waals surface area contributed by atoms with E-state index in [1.54, 1.807) is 30.5 Å². The normalized spacial score (nSPS) is 11.4. The van der Waals surface area contributed by atoms with E-state index in [1.807, 2.05) is 30.3 Å². The number of hydrogen-bond donors (Lipinski definition) is 3. The van der Waals surface area contributed by atoms with Gasteiger partial charge in [0, 0.05) is 30.4 Å². The summed E-state index contributed by atoms with van der Waals surface area (Å²) in [6.07, 6.45) is 1.81. The molecule has 154 valence electrons. The first-order chi connectivity index (χ1) is 14.5. The maximum atomic E-state index is 12.1. The van der Waals surface area contributed by atoms with Gasteiger partial charge in [0.05, 0.1) is 5.56 Å². The number of carboxylic acid groups (broad SMARTS) is 1. The van der Waals surface area contributed by atoms with Crippen LogP contribution in [0.5, 0.6) is 5.75 Å². The average molecular weight is 470 g/mol. The minimum atomic E-state index is -0.996. The number of anilines is 1. The lowest BCUT2D eigenvalue weighted by Crippen LogP contribution is -2.30. The Morgan fingerprint density at radius 2 is 1.77 bits per heavy atom. The largest absolute Gasteiger partial charge is 0.486 e. The molecule has 1 atom stereocenters. The summed E-state index contributed by atoms with van der Waals surface area (Å²) in [6.45, 7) is 0.368. The molecule has 2 amide bonds. The van der Waals surface area contributed by atoms with E-state index in [0.717, 1.165) is 5.56 Å². The highest BCUT2D eigenvalue weighted by Crippen LogP contribution is 2.25. The van der Waals surface area contributed by atoms with Gasteiger partial charge >= 0.3 is 12.0 Å². The van der Waals surface area contributed by atoms with Crippen molar-refractivity contribution in [2.45, 2.75) is 12.5 Å². The van der Waals surface area contributed by atoms with Gasteiger partial charge in [-0.25, -0.2) is 14.6 Å². The lowest BCUT2D eigenvalue weighted by molar-refractivity contribution is 0.0697. The molecule has 2 aromatic carbocycles.